The number of hydrogen-bond acceptors (Lipinski definition) is 6. The van der Waals surface area contributed by atoms with Crippen molar-refractivity contribution in [1.29, 1.82) is 10.0 Å². The zero-order valence-electron chi connectivity index (χ0n) is 17.5. The van der Waals surface area contributed by atoms with E-state index in [4.69, 9.17) is 16.4 Å². The van der Waals surface area contributed by atoms with Crippen molar-refractivity contribution >= 4 is 38.7 Å². The number of carbonyl (C=O) groups excluding carboxylic acids is 1. The van der Waals surface area contributed by atoms with E-state index in [-0.39, 0.29) is 52.9 Å². The second-order valence-corrected chi connectivity index (χ2v) is 10.3. The third-order valence-corrected chi connectivity index (χ3v) is 6.86. The van der Waals surface area contributed by atoms with Crippen LogP contribution in [0.25, 0.3) is 0 Å². The maximum Gasteiger partial charge on any atom is 0.259 e. The molecule has 1 atom stereocenters. The topological polar surface area (TPSA) is 110 Å². The molecule has 2 N–H and O–H groups in total. The second-order valence-electron chi connectivity index (χ2n) is 7.73. The van der Waals surface area contributed by atoms with Gasteiger partial charge in [-0.1, -0.05) is 17.7 Å². The molecular formula is C21H22ClF2N5O2S. The molecule has 1 amide bonds. The van der Waals surface area contributed by atoms with Crippen LogP contribution < -0.4 is 10.2 Å². The standard InChI is InChI=1S/C21H22ClF2N5O2S/c1-13-17(20(30)27-14-5-3-6-15(11-14)32(2,26)31)19(28-16(12-25)18(13)22)29-9-4-7-21(23,24)8-10-29/h3,5-6,11,26H,4,7-10H2,1-2H3,(H,27,30). The molecule has 0 bridgehead atoms. The second kappa shape index (κ2) is 9.00. The summed E-state index contributed by atoms with van der Waals surface area (Å²) >= 11 is 6.25. The van der Waals surface area contributed by atoms with Crippen molar-refractivity contribution in [1.82, 2.24) is 4.98 Å². The van der Waals surface area contributed by atoms with Gasteiger partial charge in [-0.15, -0.1) is 0 Å². The predicted octanol–water partition coefficient (Wildman–Crippen LogP) is 4.83. The first-order chi connectivity index (χ1) is 14.9. The number of halogens is 3. The summed E-state index contributed by atoms with van der Waals surface area (Å²) < 4.78 is 47.5. The summed E-state index contributed by atoms with van der Waals surface area (Å²) in [6, 6.07) is 7.99. The number of amides is 1. The lowest BCUT2D eigenvalue weighted by Crippen LogP contribution is -2.30. The van der Waals surface area contributed by atoms with Crippen LogP contribution in [0.4, 0.5) is 20.3 Å². The smallest absolute Gasteiger partial charge is 0.259 e. The summed E-state index contributed by atoms with van der Waals surface area (Å²) in [5, 5.41) is 12.1. The van der Waals surface area contributed by atoms with Crippen LogP contribution in [-0.2, 0) is 9.73 Å². The van der Waals surface area contributed by atoms with E-state index in [0.717, 1.165) is 0 Å². The Balaban J connectivity index is 2.04. The van der Waals surface area contributed by atoms with E-state index in [1.165, 1.54) is 18.4 Å². The van der Waals surface area contributed by atoms with Crippen molar-refractivity contribution in [3.8, 4) is 6.07 Å². The lowest BCUT2D eigenvalue weighted by molar-refractivity contribution is -0.0102. The summed E-state index contributed by atoms with van der Waals surface area (Å²) in [4.78, 5) is 19.3. The Morgan fingerprint density at radius 1 is 1.38 bits per heavy atom. The molecule has 2 heterocycles. The van der Waals surface area contributed by atoms with Gasteiger partial charge >= 0.3 is 0 Å². The van der Waals surface area contributed by atoms with Gasteiger partial charge < -0.3 is 10.2 Å². The van der Waals surface area contributed by atoms with Crippen molar-refractivity contribution in [3.05, 3.63) is 46.1 Å². The van der Waals surface area contributed by atoms with Crippen molar-refractivity contribution in [2.24, 2.45) is 0 Å². The van der Waals surface area contributed by atoms with Crippen molar-refractivity contribution in [3.63, 3.8) is 0 Å². The van der Waals surface area contributed by atoms with Gasteiger partial charge in [0.05, 0.1) is 20.3 Å². The molecule has 1 aromatic heterocycles. The van der Waals surface area contributed by atoms with E-state index >= 15 is 0 Å². The molecule has 3 rings (SSSR count). The number of nitrogens with one attached hydrogen (secondary N) is 2. The Labute approximate surface area is 190 Å². The van der Waals surface area contributed by atoms with Gasteiger partial charge in [-0.05, 0) is 37.1 Å². The molecule has 1 aliphatic heterocycles. The van der Waals surface area contributed by atoms with Crippen molar-refractivity contribution in [2.75, 3.05) is 29.6 Å². The summed E-state index contributed by atoms with van der Waals surface area (Å²) in [5.41, 5.74) is 0.599. The van der Waals surface area contributed by atoms with Gasteiger partial charge in [-0.2, -0.15) is 5.26 Å². The van der Waals surface area contributed by atoms with Crippen molar-refractivity contribution < 1.29 is 17.8 Å². The van der Waals surface area contributed by atoms with Crippen LogP contribution >= 0.6 is 11.6 Å². The molecule has 1 unspecified atom stereocenters. The molecule has 0 saturated carbocycles. The molecule has 7 nitrogen and oxygen atoms in total. The average Bonchev–Trinajstić information content (AvgIpc) is 2.89. The Hall–Kier alpha value is -2.77. The number of nitriles is 1. The van der Waals surface area contributed by atoms with Gasteiger partial charge in [0.2, 0.25) is 5.92 Å². The highest BCUT2D eigenvalue weighted by Crippen LogP contribution is 2.34. The highest BCUT2D eigenvalue weighted by Gasteiger charge is 2.34. The minimum atomic E-state index is -2.99. The first-order valence-electron chi connectivity index (χ1n) is 9.81. The average molecular weight is 482 g/mol. The van der Waals surface area contributed by atoms with E-state index in [9.17, 15) is 23.0 Å². The van der Waals surface area contributed by atoms with Crippen LogP contribution in [0.15, 0.2) is 29.2 Å². The fraction of sp³-hybridized carbons (Fsp3) is 0.381. The molecule has 2 aromatic rings. The van der Waals surface area contributed by atoms with E-state index < -0.39 is 28.0 Å². The molecule has 0 spiro atoms. The number of rotatable bonds is 4. The molecular weight excluding hydrogens is 460 g/mol. The van der Waals surface area contributed by atoms with Crippen LogP contribution in [0.1, 0.15) is 40.9 Å². The van der Waals surface area contributed by atoms with Crippen LogP contribution in [0.2, 0.25) is 5.02 Å². The van der Waals surface area contributed by atoms with Crippen LogP contribution in [-0.4, -0.2) is 40.4 Å². The van der Waals surface area contributed by atoms with Gasteiger partial charge in [0.25, 0.3) is 5.91 Å². The van der Waals surface area contributed by atoms with Crippen LogP contribution in [0.5, 0.6) is 0 Å². The molecule has 0 radical (unpaired) electrons. The highest BCUT2D eigenvalue weighted by atomic mass is 35.5. The van der Waals surface area contributed by atoms with Gasteiger partial charge in [-0.3, -0.25) is 4.79 Å². The highest BCUT2D eigenvalue weighted by molar-refractivity contribution is 7.91. The lowest BCUT2D eigenvalue weighted by atomic mass is 10.1. The maximum absolute atomic E-state index is 13.9. The number of nitrogens with zero attached hydrogens (tertiary/aromatic N) is 3. The number of carbonyl (C=O) groups is 1. The Morgan fingerprint density at radius 2 is 2.09 bits per heavy atom. The number of alkyl halides is 2. The zero-order chi connectivity index (χ0) is 23.7. The minimum Gasteiger partial charge on any atom is -0.356 e. The first kappa shape index (κ1) is 23.9. The molecule has 1 aromatic carbocycles. The molecule has 1 saturated heterocycles. The quantitative estimate of drug-likeness (QED) is 0.650. The largest absolute Gasteiger partial charge is 0.356 e. The fourth-order valence-corrected chi connectivity index (χ4v) is 4.40. The third kappa shape index (κ3) is 5.16. The maximum atomic E-state index is 13.9. The number of hydrogen-bond donors (Lipinski definition) is 2. The monoisotopic (exact) mass is 481 g/mol. The molecule has 11 heteroatoms. The lowest BCUT2D eigenvalue weighted by Gasteiger charge is -2.25. The number of pyridine rings is 1. The van der Waals surface area contributed by atoms with Gasteiger partial charge in [0, 0.05) is 42.8 Å². The minimum absolute atomic E-state index is 0.0121. The molecule has 0 aliphatic carbocycles. The van der Waals surface area contributed by atoms with E-state index in [2.05, 4.69) is 10.3 Å². The zero-order valence-corrected chi connectivity index (χ0v) is 19.1. The fourth-order valence-electron chi connectivity index (χ4n) is 3.53. The summed E-state index contributed by atoms with van der Waals surface area (Å²) in [6.07, 6.45) is 0.819. The van der Waals surface area contributed by atoms with Crippen molar-refractivity contribution in [2.45, 2.75) is 37.0 Å². The van der Waals surface area contributed by atoms with Crippen LogP contribution in [0, 0.1) is 23.0 Å². The number of aromatic nitrogens is 1. The molecule has 170 valence electrons. The Bertz CT molecular complexity index is 1210. The number of benzene rings is 1. The van der Waals surface area contributed by atoms with Gasteiger partial charge in [0.15, 0.2) is 5.69 Å². The first-order valence-corrected chi connectivity index (χ1v) is 12.2. The Morgan fingerprint density at radius 3 is 2.75 bits per heavy atom. The normalized spacial score (nSPS) is 17.7. The van der Waals surface area contributed by atoms with Gasteiger partial charge in [0.1, 0.15) is 11.9 Å². The summed E-state index contributed by atoms with van der Waals surface area (Å²) in [6.45, 7) is 1.79. The molecule has 32 heavy (non-hydrogen) atoms. The summed E-state index contributed by atoms with van der Waals surface area (Å²) in [5.74, 6) is -3.28. The molecule has 1 aliphatic rings. The van der Waals surface area contributed by atoms with E-state index in [1.54, 1.807) is 24.0 Å². The Kier molecular flexibility index (Phi) is 6.72. The SMILES string of the molecule is Cc1c(Cl)c(C#N)nc(N2CCCC(F)(F)CC2)c1C(=O)Nc1cccc(S(C)(=N)=O)c1. The van der Waals surface area contributed by atoms with Crippen LogP contribution in [0.3, 0.4) is 0 Å². The van der Waals surface area contributed by atoms with Gasteiger partial charge in [-0.25, -0.2) is 22.8 Å². The molecule has 1 fully saturated rings. The predicted molar refractivity (Wildman–Crippen MR) is 119 cm³/mol. The van der Waals surface area contributed by atoms with E-state index in [0.29, 0.717) is 11.3 Å². The number of anilines is 2. The third-order valence-electron chi connectivity index (χ3n) is 5.25. The van der Waals surface area contributed by atoms with E-state index in [1.807, 2.05) is 6.07 Å². The summed E-state index contributed by atoms with van der Waals surface area (Å²) in [7, 11) is -2.99.